The first-order valence-electron chi connectivity index (χ1n) is 7.34. The zero-order chi connectivity index (χ0) is 14.9. The van der Waals surface area contributed by atoms with Gasteiger partial charge in [0.2, 0.25) is 0 Å². The summed E-state index contributed by atoms with van der Waals surface area (Å²) in [6, 6.07) is 18.2. The monoisotopic (exact) mass is 284 g/mol. The highest BCUT2D eigenvalue weighted by Gasteiger charge is 2.04. The number of nitrogens with zero attached hydrogens (tertiary/aromatic N) is 1. The normalized spacial score (nSPS) is 14.7. The van der Waals surface area contributed by atoms with Crippen LogP contribution in [-0.2, 0) is 0 Å². The second-order valence-electron chi connectivity index (χ2n) is 5.43. The summed E-state index contributed by atoms with van der Waals surface area (Å²) < 4.78 is 0. The first-order chi connectivity index (χ1) is 10.8. The number of fused-ring (bicyclic) bond motifs is 2. The molecule has 0 heterocycles. The zero-order valence-corrected chi connectivity index (χ0v) is 12.0. The minimum absolute atomic E-state index is 0.171. The van der Waals surface area contributed by atoms with E-state index in [4.69, 9.17) is 0 Å². The Bertz CT molecular complexity index is 964. The van der Waals surface area contributed by atoms with E-state index in [1.807, 2.05) is 48.6 Å². The highest BCUT2D eigenvalue weighted by molar-refractivity contribution is 6.09. The maximum atomic E-state index is 12.5. The van der Waals surface area contributed by atoms with Crippen molar-refractivity contribution in [3.05, 3.63) is 84.1 Å². The number of rotatable bonds is 2. The Kier molecular flexibility index (Phi) is 3.01. The van der Waals surface area contributed by atoms with Crippen molar-refractivity contribution in [2.24, 2.45) is 4.99 Å². The van der Waals surface area contributed by atoms with Crippen LogP contribution in [0.15, 0.2) is 83.5 Å². The molecule has 0 unspecified atom stereocenters. The Morgan fingerprint density at radius 1 is 0.909 bits per heavy atom. The van der Waals surface area contributed by atoms with Gasteiger partial charge < -0.3 is 5.11 Å². The molecule has 0 aromatic heterocycles. The lowest BCUT2D eigenvalue weighted by Gasteiger charge is -2.15. The summed E-state index contributed by atoms with van der Waals surface area (Å²) in [4.78, 5) is 4.24. The van der Waals surface area contributed by atoms with E-state index in [-0.39, 0.29) is 5.90 Å². The molecule has 1 aliphatic rings. The van der Waals surface area contributed by atoms with Crippen molar-refractivity contribution < 1.29 is 5.11 Å². The first kappa shape index (κ1) is 12.8. The van der Waals surface area contributed by atoms with Gasteiger partial charge in [-0.15, -0.1) is 0 Å². The van der Waals surface area contributed by atoms with Gasteiger partial charge in [0.25, 0.3) is 0 Å². The Morgan fingerprint density at radius 3 is 2.45 bits per heavy atom. The lowest BCUT2D eigenvalue weighted by atomic mass is 9.99. The molecule has 0 fully saturated rings. The maximum absolute atomic E-state index is 12.5. The van der Waals surface area contributed by atoms with Gasteiger partial charge in [0.1, 0.15) is 0 Å². The van der Waals surface area contributed by atoms with Crippen LogP contribution in [0.1, 0.15) is 12.0 Å². The Hall–Kier alpha value is -2.87. The number of benzene rings is 3. The van der Waals surface area contributed by atoms with Crippen LogP contribution in [-0.4, -0.2) is 5.90 Å². The summed E-state index contributed by atoms with van der Waals surface area (Å²) in [5, 5.41) is 16.9. The third-order valence-corrected chi connectivity index (χ3v) is 3.97. The fourth-order valence-electron chi connectivity index (χ4n) is 2.86. The molecular weight excluding hydrogens is 270 g/mol. The second kappa shape index (κ2) is 5.15. The molecule has 3 aromatic rings. The Morgan fingerprint density at radius 2 is 1.68 bits per heavy atom. The molecular formula is C20H14NO-. The van der Waals surface area contributed by atoms with Crippen LogP contribution >= 0.6 is 0 Å². The summed E-state index contributed by atoms with van der Waals surface area (Å²) in [7, 11) is 0. The van der Waals surface area contributed by atoms with Crippen LogP contribution in [0.3, 0.4) is 0 Å². The van der Waals surface area contributed by atoms with Crippen LogP contribution in [0.4, 0.5) is 0 Å². The van der Waals surface area contributed by atoms with E-state index in [1.54, 1.807) is 0 Å². The van der Waals surface area contributed by atoms with Gasteiger partial charge in [-0.05, 0) is 51.2 Å². The topological polar surface area (TPSA) is 35.4 Å². The quantitative estimate of drug-likeness (QED) is 0.399. The minimum Gasteiger partial charge on any atom is -0.858 e. The lowest BCUT2D eigenvalue weighted by Crippen LogP contribution is -2.19. The molecule has 0 amide bonds. The van der Waals surface area contributed by atoms with Crippen molar-refractivity contribution in [2.75, 3.05) is 0 Å². The average molecular weight is 284 g/mol. The number of hydrogen-bond acceptors (Lipinski definition) is 2. The van der Waals surface area contributed by atoms with Gasteiger partial charge >= 0.3 is 0 Å². The summed E-state index contributed by atoms with van der Waals surface area (Å²) in [6.45, 7) is 0. The summed E-state index contributed by atoms with van der Waals surface area (Å²) in [5.74, 6) is -0.171. The van der Waals surface area contributed by atoms with Gasteiger partial charge in [0, 0.05) is 12.1 Å². The van der Waals surface area contributed by atoms with Gasteiger partial charge in [0.15, 0.2) is 0 Å². The molecule has 0 saturated carbocycles. The maximum Gasteiger partial charge on any atom is 0.0434 e. The molecule has 0 bridgehead atoms. The van der Waals surface area contributed by atoms with E-state index in [1.165, 1.54) is 5.39 Å². The lowest BCUT2D eigenvalue weighted by molar-refractivity contribution is -0.212. The summed E-state index contributed by atoms with van der Waals surface area (Å²) in [5.41, 5.74) is 1.49. The van der Waals surface area contributed by atoms with Crippen molar-refractivity contribution in [1.82, 2.24) is 0 Å². The molecule has 0 radical (unpaired) electrons. The highest BCUT2D eigenvalue weighted by atomic mass is 16.3. The highest BCUT2D eigenvalue weighted by Crippen LogP contribution is 2.26. The van der Waals surface area contributed by atoms with Crippen molar-refractivity contribution in [3.63, 3.8) is 0 Å². The van der Waals surface area contributed by atoms with Crippen molar-refractivity contribution >= 4 is 27.4 Å². The SMILES string of the molecule is [O-]C(=NC1=CC=CC1)c1cccc2cc3ccccc3cc12. The molecule has 0 aliphatic heterocycles. The van der Waals surface area contributed by atoms with Gasteiger partial charge in [-0.2, -0.15) is 0 Å². The molecule has 0 saturated heterocycles. The molecule has 22 heavy (non-hydrogen) atoms. The van der Waals surface area contributed by atoms with Crippen molar-refractivity contribution in [2.45, 2.75) is 6.42 Å². The van der Waals surface area contributed by atoms with Crippen LogP contribution in [0, 0.1) is 0 Å². The fraction of sp³-hybridized carbons (Fsp3) is 0.0500. The van der Waals surface area contributed by atoms with E-state index in [0.29, 0.717) is 5.56 Å². The van der Waals surface area contributed by atoms with Crippen LogP contribution in [0.25, 0.3) is 21.5 Å². The number of aliphatic imine (C=N–C) groups is 1. The zero-order valence-electron chi connectivity index (χ0n) is 12.0. The number of hydrogen-bond donors (Lipinski definition) is 0. The third-order valence-electron chi connectivity index (χ3n) is 3.97. The smallest absolute Gasteiger partial charge is 0.0434 e. The molecule has 0 atom stereocenters. The van der Waals surface area contributed by atoms with Crippen molar-refractivity contribution in [1.29, 1.82) is 0 Å². The third kappa shape index (κ3) is 2.19. The van der Waals surface area contributed by atoms with E-state index in [2.05, 4.69) is 29.3 Å². The molecule has 4 rings (SSSR count). The molecule has 106 valence electrons. The number of allylic oxidation sites excluding steroid dienone is 3. The molecule has 0 N–H and O–H groups in total. The van der Waals surface area contributed by atoms with Crippen molar-refractivity contribution in [3.8, 4) is 0 Å². The summed E-state index contributed by atoms with van der Waals surface area (Å²) in [6.07, 6.45) is 6.56. The molecule has 3 aromatic carbocycles. The van der Waals surface area contributed by atoms with E-state index in [9.17, 15) is 5.11 Å². The molecule has 2 heteroatoms. The standard InChI is InChI=1S/C20H15NO/c22-20(21-17-9-3-4-10-17)18-11-5-8-16-12-14-6-1-2-7-15(14)13-19(16)18/h1-9,11-13H,10H2,(H,21,22)/p-1. The first-order valence-corrected chi connectivity index (χ1v) is 7.34. The van der Waals surface area contributed by atoms with Crippen LogP contribution in [0.5, 0.6) is 0 Å². The van der Waals surface area contributed by atoms with E-state index in [0.717, 1.165) is 28.3 Å². The predicted octanol–water partition coefficient (Wildman–Crippen LogP) is 3.94. The van der Waals surface area contributed by atoms with Gasteiger partial charge in [-0.3, -0.25) is 4.99 Å². The fourth-order valence-corrected chi connectivity index (χ4v) is 2.86. The van der Waals surface area contributed by atoms with Gasteiger partial charge in [-0.25, -0.2) is 0 Å². The van der Waals surface area contributed by atoms with E-state index < -0.39 is 0 Å². The van der Waals surface area contributed by atoms with Gasteiger partial charge in [0.05, 0.1) is 0 Å². The predicted molar refractivity (Wildman–Crippen MR) is 89.8 cm³/mol. The largest absolute Gasteiger partial charge is 0.858 e. The van der Waals surface area contributed by atoms with Crippen LogP contribution in [0.2, 0.25) is 0 Å². The average Bonchev–Trinajstić information content (AvgIpc) is 3.05. The van der Waals surface area contributed by atoms with E-state index >= 15 is 0 Å². The summed E-state index contributed by atoms with van der Waals surface area (Å²) >= 11 is 0. The van der Waals surface area contributed by atoms with Gasteiger partial charge in [-0.1, -0.05) is 54.6 Å². The van der Waals surface area contributed by atoms with Crippen LogP contribution < -0.4 is 5.11 Å². The molecule has 2 nitrogen and oxygen atoms in total. The molecule has 1 aliphatic carbocycles. The Balaban J connectivity index is 1.92. The minimum atomic E-state index is -0.171. The Labute approximate surface area is 128 Å². The second-order valence-corrected chi connectivity index (χ2v) is 5.43. The molecule has 0 spiro atoms.